The van der Waals surface area contributed by atoms with E-state index in [1.54, 1.807) is 6.20 Å². The van der Waals surface area contributed by atoms with Crippen molar-refractivity contribution < 1.29 is 0 Å². The Hall–Kier alpha value is -1.65. The van der Waals surface area contributed by atoms with Gasteiger partial charge in [0, 0.05) is 12.1 Å². The van der Waals surface area contributed by atoms with Crippen LogP contribution in [-0.4, -0.2) is 25.4 Å². The first-order valence-corrected chi connectivity index (χ1v) is 4.35. The van der Waals surface area contributed by atoms with Gasteiger partial charge in [0.2, 0.25) is 0 Å². The monoisotopic (exact) mass is 175 g/mol. The van der Waals surface area contributed by atoms with Crippen molar-refractivity contribution in [3.05, 3.63) is 18.1 Å². The molecule has 13 heavy (non-hydrogen) atoms. The molecule has 5 nitrogen and oxygen atoms in total. The van der Waals surface area contributed by atoms with Crippen LogP contribution in [0.2, 0.25) is 0 Å². The first kappa shape index (κ1) is 6.82. The first-order valence-electron chi connectivity index (χ1n) is 4.35. The summed E-state index contributed by atoms with van der Waals surface area (Å²) in [5.41, 5.74) is 0.864. The van der Waals surface area contributed by atoms with Crippen LogP contribution < -0.4 is 0 Å². The molecule has 5 heteroatoms. The molecule has 2 N–H and O–H groups in total. The van der Waals surface area contributed by atoms with Crippen molar-refractivity contribution in [2.45, 2.75) is 18.8 Å². The third-order valence-corrected chi connectivity index (χ3v) is 2.21. The van der Waals surface area contributed by atoms with E-state index in [-0.39, 0.29) is 0 Å². The fourth-order valence-electron chi connectivity index (χ4n) is 1.31. The van der Waals surface area contributed by atoms with Gasteiger partial charge in [0.15, 0.2) is 5.82 Å². The van der Waals surface area contributed by atoms with Crippen LogP contribution in [-0.2, 0) is 0 Å². The van der Waals surface area contributed by atoms with Gasteiger partial charge in [-0.05, 0) is 18.9 Å². The Morgan fingerprint density at radius 1 is 1.31 bits per heavy atom. The fourth-order valence-corrected chi connectivity index (χ4v) is 1.31. The molecule has 0 saturated heterocycles. The van der Waals surface area contributed by atoms with Crippen molar-refractivity contribution in [1.29, 1.82) is 0 Å². The van der Waals surface area contributed by atoms with Gasteiger partial charge < -0.3 is 0 Å². The maximum absolute atomic E-state index is 4.38. The second-order valence-corrected chi connectivity index (χ2v) is 3.29. The van der Waals surface area contributed by atoms with Gasteiger partial charge in [-0.25, -0.2) is 4.98 Å². The van der Waals surface area contributed by atoms with E-state index in [0.717, 1.165) is 11.5 Å². The van der Waals surface area contributed by atoms with Crippen molar-refractivity contribution in [2.75, 3.05) is 0 Å². The van der Waals surface area contributed by atoms with Gasteiger partial charge in [0.1, 0.15) is 11.5 Å². The van der Waals surface area contributed by atoms with Crippen LogP contribution in [0, 0.1) is 0 Å². The van der Waals surface area contributed by atoms with Gasteiger partial charge >= 0.3 is 0 Å². The molecule has 1 aliphatic rings. The molecule has 2 heterocycles. The zero-order valence-corrected chi connectivity index (χ0v) is 6.99. The van der Waals surface area contributed by atoms with Crippen molar-refractivity contribution in [1.82, 2.24) is 25.4 Å². The van der Waals surface area contributed by atoms with Crippen LogP contribution in [0.25, 0.3) is 11.5 Å². The molecule has 0 aromatic carbocycles. The summed E-state index contributed by atoms with van der Waals surface area (Å²) < 4.78 is 0. The number of hydrogen-bond acceptors (Lipinski definition) is 3. The molecule has 0 aliphatic heterocycles. The molecule has 0 bridgehead atoms. The van der Waals surface area contributed by atoms with Crippen molar-refractivity contribution in [3.63, 3.8) is 0 Å². The fraction of sp³-hybridized carbons (Fsp3) is 0.375. The Bertz CT molecular complexity index is 398. The van der Waals surface area contributed by atoms with Gasteiger partial charge in [-0.3, -0.25) is 10.2 Å². The second-order valence-electron chi connectivity index (χ2n) is 3.29. The molecule has 0 amide bonds. The number of aromatic nitrogens is 5. The highest BCUT2D eigenvalue weighted by molar-refractivity contribution is 5.47. The maximum atomic E-state index is 4.38. The van der Waals surface area contributed by atoms with E-state index in [2.05, 4.69) is 25.4 Å². The average molecular weight is 175 g/mol. The Morgan fingerprint density at radius 3 is 2.92 bits per heavy atom. The molecule has 0 radical (unpaired) electrons. The molecular weight excluding hydrogens is 166 g/mol. The van der Waals surface area contributed by atoms with Crippen molar-refractivity contribution in [2.24, 2.45) is 0 Å². The SMILES string of the molecule is c1cc(-c2n[nH]c(C3CC3)n2)[nH]n1. The summed E-state index contributed by atoms with van der Waals surface area (Å²) in [5, 5.41) is 13.7. The van der Waals surface area contributed by atoms with Crippen LogP contribution >= 0.6 is 0 Å². The van der Waals surface area contributed by atoms with E-state index in [9.17, 15) is 0 Å². The summed E-state index contributed by atoms with van der Waals surface area (Å²) in [5.74, 6) is 2.33. The lowest BCUT2D eigenvalue weighted by molar-refractivity contribution is 0.934. The Kier molecular flexibility index (Phi) is 1.27. The van der Waals surface area contributed by atoms with Gasteiger partial charge in [0.05, 0.1) is 0 Å². The highest BCUT2D eigenvalue weighted by atomic mass is 15.2. The predicted octanol–water partition coefficient (Wildman–Crippen LogP) is 1.07. The quantitative estimate of drug-likeness (QED) is 0.717. The van der Waals surface area contributed by atoms with E-state index in [4.69, 9.17) is 0 Å². The lowest BCUT2D eigenvalue weighted by atomic mass is 10.4. The summed E-state index contributed by atoms with van der Waals surface area (Å²) in [6.07, 6.45) is 4.16. The van der Waals surface area contributed by atoms with E-state index in [1.165, 1.54) is 12.8 Å². The predicted molar refractivity (Wildman–Crippen MR) is 45.9 cm³/mol. The van der Waals surface area contributed by atoms with E-state index < -0.39 is 0 Å². The Labute approximate surface area is 74.6 Å². The van der Waals surface area contributed by atoms with Gasteiger partial charge in [0.25, 0.3) is 0 Å². The molecule has 2 aromatic rings. The normalized spacial score (nSPS) is 16.3. The van der Waals surface area contributed by atoms with Crippen LogP contribution in [0.4, 0.5) is 0 Å². The number of hydrogen-bond donors (Lipinski definition) is 2. The topological polar surface area (TPSA) is 70.2 Å². The lowest BCUT2D eigenvalue weighted by Gasteiger charge is -1.85. The third kappa shape index (κ3) is 1.12. The number of rotatable bonds is 2. The highest BCUT2D eigenvalue weighted by Crippen LogP contribution is 2.38. The summed E-state index contributed by atoms with van der Waals surface area (Å²) in [4.78, 5) is 4.38. The highest BCUT2D eigenvalue weighted by Gasteiger charge is 2.27. The minimum Gasteiger partial charge on any atom is -0.275 e. The van der Waals surface area contributed by atoms with E-state index in [0.29, 0.717) is 11.7 Å². The lowest BCUT2D eigenvalue weighted by Crippen LogP contribution is -1.82. The summed E-state index contributed by atoms with van der Waals surface area (Å²) in [6, 6.07) is 1.86. The Balaban J connectivity index is 1.97. The zero-order chi connectivity index (χ0) is 8.67. The van der Waals surface area contributed by atoms with Crippen LogP contribution in [0.5, 0.6) is 0 Å². The minimum atomic E-state index is 0.615. The van der Waals surface area contributed by atoms with Gasteiger partial charge in [-0.2, -0.15) is 10.2 Å². The molecule has 2 aromatic heterocycles. The third-order valence-electron chi connectivity index (χ3n) is 2.21. The van der Waals surface area contributed by atoms with E-state index >= 15 is 0 Å². The van der Waals surface area contributed by atoms with E-state index in [1.807, 2.05) is 6.07 Å². The van der Waals surface area contributed by atoms with Crippen molar-refractivity contribution >= 4 is 0 Å². The van der Waals surface area contributed by atoms with Crippen LogP contribution in [0.15, 0.2) is 12.3 Å². The molecule has 0 atom stereocenters. The smallest absolute Gasteiger partial charge is 0.199 e. The van der Waals surface area contributed by atoms with Crippen molar-refractivity contribution in [3.8, 4) is 11.5 Å². The summed E-state index contributed by atoms with van der Waals surface area (Å²) in [7, 11) is 0. The first-order chi connectivity index (χ1) is 6.43. The van der Waals surface area contributed by atoms with Crippen LogP contribution in [0.1, 0.15) is 24.6 Å². The summed E-state index contributed by atoms with van der Waals surface area (Å²) in [6.45, 7) is 0. The number of nitrogens with zero attached hydrogens (tertiary/aromatic N) is 3. The van der Waals surface area contributed by atoms with Gasteiger partial charge in [-0.1, -0.05) is 0 Å². The Morgan fingerprint density at radius 2 is 2.23 bits per heavy atom. The maximum Gasteiger partial charge on any atom is 0.199 e. The number of aromatic amines is 2. The largest absolute Gasteiger partial charge is 0.275 e. The second kappa shape index (κ2) is 2.42. The molecule has 1 saturated carbocycles. The minimum absolute atomic E-state index is 0.615. The number of H-pyrrole nitrogens is 2. The van der Waals surface area contributed by atoms with Crippen LogP contribution in [0.3, 0.4) is 0 Å². The molecule has 1 fully saturated rings. The standard InChI is InChI=1S/C8H9N5/c1-2-5(1)7-10-8(13-12-7)6-3-4-9-11-6/h3-5H,1-2H2,(H,9,11)(H,10,12,13). The molecule has 0 unspecified atom stereocenters. The summed E-state index contributed by atoms with van der Waals surface area (Å²) >= 11 is 0. The average Bonchev–Trinajstić information content (AvgIpc) is 2.72. The molecule has 0 spiro atoms. The number of nitrogens with one attached hydrogen (secondary N) is 2. The molecular formula is C8H9N5. The van der Waals surface area contributed by atoms with Gasteiger partial charge in [-0.15, -0.1) is 0 Å². The molecule has 3 rings (SSSR count). The zero-order valence-electron chi connectivity index (χ0n) is 6.99. The molecule has 66 valence electrons. The molecule has 1 aliphatic carbocycles.